The van der Waals surface area contributed by atoms with Gasteiger partial charge < -0.3 is 10.2 Å². The first-order valence-corrected chi connectivity index (χ1v) is 7.56. The number of nitrogens with zero attached hydrogens (tertiary/aromatic N) is 3. The number of aromatic nitrogens is 2. The Kier molecular flexibility index (Phi) is 5.59. The lowest BCUT2D eigenvalue weighted by atomic mass is 9.87. The van der Waals surface area contributed by atoms with Crippen LogP contribution in [0.4, 0.5) is 11.8 Å². The van der Waals surface area contributed by atoms with Crippen LogP contribution in [0.5, 0.6) is 0 Å². The topological polar surface area (TPSA) is 41.1 Å². The van der Waals surface area contributed by atoms with Crippen molar-refractivity contribution < 1.29 is 0 Å². The van der Waals surface area contributed by atoms with Crippen LogP contribution in [0.3, 0.4) is 0 Å². The highest BCUT2D eigenvalue weighted by atomic mass is 79.9. The molecule has 1 heterocycles. The molecule has 0 spiro atoms. The number of anilines is 2. The van der Waals surface area contributed by atoms with Gasteiger partial charge in [-0.2, -0.15) is 4.98 Å². The summed E-state index contributed by atoms with van der Waals surface area (Å²) in [4.78, 5) is 11.1. The van der Waals surface area contributed by atoms with Gasteiger partial charge in [0.05, 0.1) is 4.47 Å². The Balaban J connectivity index is 2.98. The van der Waals surface area contributed by atoms with E-state index >= 15 is 0 Å². The lowest BCUT2D eigenvalue weighted by molar-refractivity contribution is 0.328. The van der Waals surface area contributed by atoms with Gasteiger partial charge in [0.15, 0.2) is 0 Å². The van der Waals surface area contributed by atoms with Gasteiger partial charge in [-0.3, -0.25) is 0 Å². The third-order valence-corrected chi connectivity index (χ3v) is 3.99. The fraction of sp³-hybridized carbons (Fsp3) is 0.714. The Hall–Kier alpha value is -0.840. The van der Waals surface area contributed by atoms with E-state index in [4.69, 9.17) is 0 Å². The molecule has 0 saturated heterocycles. The first kappa shape index (κ1) is 16.2. The molecule has 1 aromatic heterocycles. The summed E-state index contributed by atoms with van der Waals surface area (Å²) in [6.07, 6.45) is 2.87. The summed E-state index contributed by atoms with van der Waals surface area (Å²) in [6, 6.07) is 0.373. The van der Waals surface area contributed by atoms with E-state index in [1.165, 1.54) is 0 Å². The van der Waals surface area contributed by atoms with Crippen LogP contribution in [-0.2, 0) is 0 Å². The lowest BCUT2D eigenvalue weighted by Crippen LogP contribution is -2.40. The smallest absolute Gasteiger partial charge is 0.224 e. The molecule has 0 aliphatic rings. The van der Waals surface area contributed by atoms with Crippen LogP contribution in [-0.4, -0.2) is 29.6 Å². The Labute approximate surface area is 125 Å². The molecular formula is C14H25BrN4. The van der Waals surface area contributed by atoms with Crippen LogP contribution in [0.1, 0.15) is 41.0 Å². The van der Waals surface area contributed by atoms with Crippen LogP contribution in [0.15, 0.2) is 10.7 Å². The van der Waals surface area contributed by atoms with E-state index in [0.29, 0.717) is 12.0 Å². The van der Waals surface area contributed by atoms with Crippen LogP contribution < -0.4 is 10.2 Å². The average molecular weight is 329 g/mol. The summed E-state index contributed by atoms with van der Waals surface area (Å²) in [5, 5.41) is 3.22. The highest BCUT2D eigenvalue weighted by Gasteiger charge is 2.26. The van der Waals surface area contributed by atoms with Crippen molar-refractivity contribution in [3.8, 4) is 0 Å². The SMILES string of the molecule is CCCNc1ncc(Br)c(N(C)C(C)C(C)(C)C)n1. The minimum Gasteiger partial charge on any atom is -0.355 e. The van der Waals surface area contributed by atoms with Gasteiger partial charge in [0.2, 0.25) is 5.95 Å². The summed E-state index contributed by atoms with van der Waals surface area (Å²) >= 11 is 3.54. The predicted molar refractivity (Wildman–Crippen MR) is 85.8 cm³/mol. The normalized spacial score (nSPS) is 13.2. The van der Waals surface area contributed by atoms with Crippen molar-refractivity contribution in [2.24, 2.45) is 5.41 Å². The average Bonchev–Trinajstić information content (AvgIpc) is 2.35. The van der Waals surface area contributed by atoms with Crippen molar-refractivity contribution in [3.05, 3.63) is 10.7 Å². The first-order valence-electron chi connectivity index (χ1n) is 6.76. The van der Waals surface area contributed by atoms with Crippen molar-refractivity contribution in [2.45, 2.75) is 47.1 Å². The van der Waals surface area contributed by atoms with Crippen molar-refractivity contribution in [1.82, 2.24) is 9.97 Å². The van der Waals surface area contributed by atoms with Crippen LogP contribution in [0.25, 0.3) is 0 Å². The van der Waals surface area contributed by atoms with E-state index in [9.17, 15) is 0 Å². The van der Waals surface area contributed by atoms with Crippen LogP contribution >= 0.6 is 15.9 Å². The molecule has 4 nitrogen and oxygen atoms in total. The Bertz CT molecular complexity index is 414. The molecule has 0 aromatic carbocycles. The molecule has 0 fully saturated rings. The van der Waals surface area contributed by atoms with Gasteiger partial charge >= 0.3 is 0 Å². The lowest BCUT2D eigenvalue weighted by Gasteiger charge is -2.36. The zero-order valence-electron chi connectivity index (χ0n) is 12.8. The van der Waals surface area contributed by atoms with Gasteiger partial charge in [0, 0.05) is 25.8 Å². The molecule has 0 radical (unpaired) electrons. The summed E-state index contributed by atoms with van der Waals surface area (Å²) in [6.45, 7) is 11.9. The van der Waals surface area contributed by atoms with Crippen LogP contribution in [0.2, 0.25) is 0 Å². The number of nitrogens with one attached hydrogen (secondary N) is 1. The zero-order chi connectivity index (χ0) is 14.6. The van der Waals surface area contributed by atoms with Crippen molar-refractivity contribution in [3.63, 3.8) is 0 Å². The van der Waals surface area contributed by atoms with E-state index in [1.54, 1.807) is 0 Å². The molecule has 108 valence electrons. The highest BCUT2D eigenvalue weighted by Crippen LogP contribution is 2.30. The second kappa shape index (κ2) is 6.55. The Morgan fingerprint density at radius 2 is 2.05 bits per heavy atom. The number of rotatable bonds is 5. The molecule has 19 heavy (non-hydrogen) atoms. The minimum atomic E-state index is 0.191. The van der Waals surface area contributed by atoms with Gasteiger partial charge in [0.1, 0.15) is 5.82 Å². The molecule has 1 atom stereocenters. The molecule has 0 saturated carbocycles. The van der Waals surface area contributed by atoms with Gasteiger partial charge in [-0.1, -0.05) is 27.7 Å². The Morgan fingerprint density at radius 3 is 2.58 bits per heavy atom. The van der Waals surface area contributed by atoms with E-state index in [-0.39, 0.29) is 5.41 Å². The maximum atomic E-state index is 4.60. The molecule has 1 N–H and O–H groups in total. The molecule has 0 bridgehead atoms. The summed E-state index contributed by atoms with van der Waals surface area (Å²) in [7, 11) is 2.08. The quantitative estimate of drug-likeness (QED) is 0.889. The molecule has 1 rings (SSSR count). The third kappa shape index (κ3) is 4.34. The summed E-state index contributed by atoms with van der Waals surface area (Å²) in [5.41, 5.74) is 0.191. The molecule has 0 aliphatic carbocycles. The van der Waals surface area contributed by atoms with E-state index in [2.05, 4.69) is 77.8 Å². The number of hydrogen-bond donors (Lipinski definition) is 1. The van der Waals surface area contributed by atoms with Gasteiger partial charge in [0.25, 0.3) is 0 Å². The first-order chi connectivity index (χ1) is 8.77. The van der Waals surface area contributed by atoms with Crippen LogP contribution in [0, 0.1) is 5.41 Å². The molecular weight excluding hydrogens is 304 g/mol. The van der Waals surface area contributed by atoms with Crippen molar-refractivity contribution in [2.75, 3.05) is 23.8 Å². The standard InChI is InChI=1S/C14H25BrN4/c1-7-8-16-13-17-9-11(15)12(18-13)19(6)10(2)14(3,4)5/h9-10H,7-8H2,1-6H3,(H,16,17,18). The maximum absolute atomic E-state index is 4.60. The summed E-state index contributed by atoms with van der Waals surface area (Å²) in [5.74, 6) is 1.61. The fourth-order valence-electron chi connectivity index (χ4n) is 1.69. The van der Waals surface area contributed by atoms with E-state index < -0.39 is 0 Å². The number of halogens is 1. The molecule has 1 aromatic rings. The summed E-state index contributed by atoms with van der Waals surface area (Å²) < 4.78 is 0.924. The monoisotopic (exact) mass is 328 g/mol. The Morgan fingerprint density at radius 1 is 1.42 bits per heavy atom. The van der Waals surface area contributed by atoms with Gasteiger partial charge in [-0.05, 0) is 34.7 Å². The predicted octanol–water partition coefficient (Wildman–Crippen LogP) is 3.93. The minimum absolute atomic E-state index is 0.191. The molecule has 5 heteroatoms. The van der Waals surface area contributed by atoms with Gasteiger partial charge in [-0.25, -0.2) is 4.98 Å². The van der Waals surface area contributed by atoms with Crippen molar-refractivity contribution >= 4 is 27.7 Å². The molecule has 0 aliphatic heterocycles. The second-order valence-corrected chi connectivity index (χ2v) is 6.80. The third-order valence-electron chi connectivity index (χ3n) is 3.43. The maximum Gasteiger partial charge on any atom is 0.224 e. The zero-order valence-corrected chi connectivity index (χ0v) is 14.4. The van der Waals surface area contributed by atoms with E-state index in [0.717, 1.165) is 23.3 Å². The molecule has 1 unspecified atom stereocenters. The largest absolute Gasteiger partial charge is 0.355 e. The number of hydrogen-bond acceptors (Lipinski definition) is 4. The van der Waals surface area contributed by atoms with Gasteiger partial charge in [-0.15, -0.1) is 0 Å². The highest BCUT2D eigenvalue weighted by molar-refractivity contribution is 9.10. The fourth-order valence-corrected chi connectivity index (χ4v) is 2.16. The van der Waals surface area contributed by atoms with Crippen molar-refractivity contribution in [1.29, 1.82) is 0 Å². The van der Waals surface area contributed by atoms with E-state index in [1.807, 2.05) is 6.20 Å². The molecule has 0 amide bonds. The second-order valence-electron chi connectivity index (χ2n) is 5.94.